The van der Waals surface area contributed by atoms with Gasteiger partial charge in [0.2, 0.25) is 20.0 Å². The Labute approximate surface area is 292 Å². The number of rotatable bonds is 6. The number of β-amino-alcohol motifs (C(OH)–C–C–N with tert-alkyl or cyclic N) is 2. The van der Waals surface area contributed by atoms with Gasteiger partial charge in [0.1, 0.15) is 0 Å². The van der Waals surface area contributed by atoms with Gasteiger partial charge in [0.15, 0.2) is 0 Å². The van der Waals surface area contributed by atoms with Crippen LogP contribution >= 0.6 is 0 Å². The minimum atomic E-state index is -3.22. The Bertz CT molecular complexity index is 1990. The normalized spacial score (nSPS) is 29.4. The molecule has 0 spiro atoms. The summed E-state index contributed by atoms with van der Waals surface area (Å²) in [5, 5.41) is 21.2. The molecule has 2 aromatic carbocycles. The van der Waals surface area contributed by atoms with Gasteiger partial charge >= 0.3 is 0 Å². The van der Waals surface area contributed by atoms with Crippen molar-refractivity contribution in [2.45, 2.75) is 73.3 Å². The summed E-state index contributed by atoms with van der Waals surface area (Å²) in [5.74, 6) is -0.0236. The number of benzene rings is 2. The van der Waals surface area contributed by atoms with Crippen molar-refractivity contribution in [2.24, 2.45) is 11.8 Å². The van der Waals surface area contributed by atoms with E-state index in [-0.39, 0.29) is 47.5 Å². The molecule has 10 rings (SSSR count). The molecule has 264 valence electrons. The van der Waals surface area contributed by atoms with Gasteiger partial charge in [0.05, 0.1) is 71.2 Å². The summed E-state index contributed by atoms with van der Waals surface area (Å²) in [6.45, 7) is 1.38. The van der Waals surface area contributed by atoms with Gasteiger partial charge in [-0.3, -0.25) is 0 Å². The quantitative estimate of drug-likeness (QED) is 0.309. The van der Waals surface area contributed by atoms with Crippen molar-refractivity contribution in [3.05, 3.63) is 84.7 Å². The molecule has 14 heteroatoms. The molecular formula is C36H42N6O6S2. The van der Waals surface area contributed by atoms with Gasteiger partial charge in [-0.25, -0.2) is 26.8 Å². The Morgan fingerprint density at radius 2 is 0.980 bits per heavy atom. The van der Waals surface area contributed by atoms with Crippen LogP contribution in [0.4, 0.5) is 0 Å². The number of aromatic nitrogens is 4. The highest BCUT2D eigenvalue weighted by Crippen LogP contribution is 2.48. The minimum absolute atomic E-state index is 0.0118. The third-order valence-corrected chi connectivity index (χ3v) is 16.4. The van der Waals surface area contributed by atoms with Gasteiger partial charge in [0, 0.05) is 49.1 Å². The predicted molar refractivity (Wildman–Crippen MR) is 187 cm³/mol. The molecule has 0 radical (unpaired) electrons. The zero-order valence-corrected chi connectivity index (χ0v) is 29.3. The van der Waals surface area contributed by atoms with Gasteiger partial charge in [0.25, 0.3) is 0 Å². The molecule has 0 amide bonds. The number of hydrogen-bond acceptors (Lipinski definition) is 8. The van der Waals surface area contributed by atoms with E-state index in [4.69, 9.17) is 0 Å². The van der Waals surface area contributed by atoms with E-state index in [1.165, 1.54) is 19.7 Å². The average molecular weight is 719 g/mol. The van der Waals surface area contributed by atoms with E-state index in [1.807, 2.05) is 49.3 Å². The third-order valence-electron chi connectivity index (χ3n) is 11.7. The molecule has 50 heavy (non-hydrogen) atoms. The second-order valence-corrected chi connectivity index (χ2v) is 19.1. The average Bonchev–Trinajstić information content (AvgIpc) is 4.01. The number of sulfonamides is 2. The van der Waals surface area contributed by atoms with Crippen LogP contribution in [0.3, 0.4) is 0 Å². The highest BCUT2D eigenvalue weighted by Gasteiger charge is 2.48. The zero-order valence-electron chi connectivity index (χ0n) is 27.6. The lowest BCUT2D eigenvalue weighted by Crippen LogP contribution is -2.49. The number of imidazole rings is 2. The van der Waals surface area contributed by atoms with Gasteiger partial charge in [-0.15, -0.1) is 0 Å². The lowest BCUT2D eigenvalue weighted by molar-refractivity contribution is 0.0341. The molecule has 2 aliphatic carbocycles. The van der Waals surface area contributed by atoms with E-state index in [0.717, 1.165) is 48.2 Å². The van der Waals surface area contributed by atoms with Crippen LogP contribution in [0, 0.1) is 11.8 Å². The summed E-state index contributed by atoms with van der Waals surface area (Å²) in [4.78, 5) is 8.55. The Kier molecular flexibility index (Phi) is 7.86. The van der Waals surface area contributed by atoms with Gasteiger partial charge in [-0.05, 0) is 49.7 Å². The fourth-order valence-electron chi connectivity index (χ4n) is 8.81. The third kappa shape index (κ3) is 5.29. The maximum atomic E-state index is 12.5. The maximum Gasteiger partial charge on any atom is 0.217 e. The van der Waals surface area contributed by atoms with Crippen LogP contribution in [-0.2, 0) is 20.0 Å². The van der Waals surface area contributed by atoms with Crippen LogP contribution in [-0.4, -0.2) is 104 Å². The topological polar surface area (TPSA) is 151 Å². The molecule has 6 aliphatic rings. The van der Waals surface area contributed by atoms with Crippen molar-refractivity contribution < 1.29 is 27.0 Å². The molecule has 12 nitrogen and oxygen atoms in total. The first-order valence-corrected chi connectivity index (χ1v) is 20.7. The minimum Gasteiger partial charge on any atom is -0.391 e. The first kappa shape index (κ1) is 32.5. The fourth-order valence-corrected chi connectivity index (χ4v) is 12.6. The van der Waals surface area contributed by atoms with Crippen molar-refractivity contribution in [1.29, 1.82) is 0 Å². The Morgan fingerprint density at radius 1 is 0.580 bits per heavy atom. The number of nitrogens with zero attached hydrogens (tertiary/aromatic N) is 6. The molecule has 0 unspecified atom stereocenters. The zero-order chi connectivity index (χ0) is 34.4. The van der Waals surface area contributed by atoms with E-state index >= 15 is 0 Å². The van der Waals surface area contributed by atoms with Crippen LogP contribution in [0.2, 0.25) is 0 Å². The van der Waals surface area contributed by atoms with Gasteiger partial charge in [-0.2, -0.15) is 8.61 Å². The summed E-state index contributed by atoms with van der Waals surface area (Å²) in [6.07, 6.45) is 10.4. The molecular weight excluding hydrogens is 677 g/mol. The Morgan fingerprint density at radius 3 is 1.36 bits per heavy atom. The van der Waals surface area contributed by atoms with Crippen LogP contribution in [0.5, 0.6) is 0 Å². The van der Waals surface area contributed by atoms with E-state index in [9.17, 15) is 27.0 Å². The highest BCUT2D eigenvalue weighted by molar-refractivity contribution is 7.90. The van der Waals surface area contributed by atoms with Crippen LogP contribution in [0.15, 0.2) is 73.6 Å². The standard InChI is InChI=1S/2C18H21N3O3S/c2*22-17-10-20(25(23,24)12-5-6-12)8-7-15(17)18-14-4-2-1-3-13(14)16-9-19-11-21(16)18/h2*1-4,9,11-12,15,17-18,22H,5-8,10H2/t2*15-,17-,18+/m10/s1. The van der Waals surface area contributed by atoms with Crippen molar-refractivity contribution >= 4 is 20.0 Å². The molecule has 4 aromatic rings. The maximum absolute atomic E-state index is 12.5. The fraction of sp³-hybridized carbons (Fsp3) is 0.500. The summed E-state index contributed by atoms with van der Waals surface area (Å²) in [5.41, 5.74) is 6.85. The first-order chi connectivity index (χ1) is 24.1. The molecule has 6 atom stereocenters. The van der Waals surface area contributed by atoms with E-state index < -0.39 is 32.3 Å². The number of aliphatic hydroxyl groups is 2. The molecule has 4 aliphatic heterocycles. The number of piperidine rings is 2. The lowest BCUT2D eigenvalue weighted by Gasteiger charge is -2.38. The summed E-state index contributed by atoms with van der Waals surface area (Å²) < 4.78 is 57.2. The van der Waals surface area contributed by atoms with E-state index in [1.54, 1.807) is 0 Å². The first-order valence-electron chi connectivity index (χ1n) is 17.7. The molecule has 2 N–H and O–H groups in total. The molecule has 2 saturated carbocycles. The Hall–Kier alpha value is -3.40. The van der Waals surface area contributed by atoms with E-state index in [2.05, 4.69) is 43.4 Å². The lowest BCUT2D eigenvalue weighted by atomic mass is 9.84. The largest absolute Gasteiger partial charge is 0.391 e. The van der Waals surface area contributed by atoms with Gasteiger partial charge < -0.3 is 19.3 Å². The van der Waals surface area contributed by atoms with Crippen molar-refractivity contribution in [1.82, 2.24) is 27.7 Å². The highest BCUT2D eigenvalue weighted by atomic mass is 32.2. The molecule has 2 saturated heterocycles. The van der Waals surface area contributed by atoms with E-state index in [0.29, 0.717) is 25.9 Å². The molecule has 4 fully saturated rings. The summed E-state index contributed by atoms with van der Waals surface area (Å²) in [6, 6.07) is 16.5. The summed E-state index contributed by atoms with van der Waals surface area (Å²) >= 11 is 0. The monoisotopic (exact) mass is 718 g/mol. The second-order valence-electron chi connectivity index (χ2n) is 14.7. The number of aliphatic hydroxyl groups excluding tert-OH is 2. The molecule has 0 bridgehead atoms. The van der Waals surface area contributed by atoms with Gasteiger partial charge in [-0.1, -0.05) is 48.5 Å². The SMILES string of the molecule is O=S(=O)(C1CC1)N1CC[C@@H]([C@@H]2c3ccccc3-c3cncn32)[C@H](O)C1.O=S(=O)(C1CC1)N1CC[C@H]([C@H]2c3ccccc3-c3cncn32)[C@@H](O)C1. The van der Waals surface area contributed by atoms with Crippen LogP contribution < -0.4 is 0 Å². The van der Waals surface area contributed by atoms with Crippen molar-refractivity contribution in [3.63, 3.8) is 0 Å². The smallest absolute Gasteiger partial charge is 0.217 e. The molecule has 6 heterocycles. The Balaban J connectivity index is 0.000000135. The van der Waals surface area contributed by atoms with Crippen molar-refractivity contribution in [2.75, 3.05) is 26.2 Å². The van der Waals surface area contributed by atoms with Crippen LogP contribution in [0.25, 0.3) is 22.5 Å². The summed E-state index contributed by atoms with van der Waals surface area (Å²) in [7, 11) is -6.45. The van der Waals surface area contributed by atoms with Crippen LogP contribution in [0.1, 0.15) is 61.7 Å². The van der Waals surface area contributed by atoms with Crippen molar-refractivity contribution in [3.8, 4) is 22.5 Å². The second kappa shape index (κ2) is 12.1. The number of fused-ring (bicyclic) bond motifs is 6. The predicted octanol–water partition coefficient (Wildman–Crippen LogP) is 3.26. The number of hydrogen-bond donors (Lipinski definition) is 2. The molecule has 2 aromatic heterocycles.